The summed E-state index contributed by atoms with van der Waals surface area (Å²) in [5.41, 5.74) is -1.09. The molecule has 1 amide bonds. The Morgan fingerprint density at radius 2 is 1.77 bits per heavy atom. The lowest BCUT2D eigenvalue weighted by Crippen LogP contribution is -2.41. The normalized spacial score (nSPS) is 16.4. The number of alkyl halides is 3. The molecule has 0 aliphatic carbocycles. The largest absolute Gasteiger partial charge is 0.506 e. The number of amides is 1. The number of sulfonamides is 1. The van der Waals surface area contributed by atoms with Crippen LogP contribution < -0.4 is 5.32 Å². The summed E-state index contributed by atoms with van der Waals surface area (Å²) in [4.78, 5) is 11.7. The molecule has 0 unspecified atom stereocenters. The highest BCUT2D eigenvalue weighted by atomic mass is 35.5. The lowest BCUT2D eigenvalue weighted by Gasteiger charge is -2.31. The van der Waals surface area contributed by atoms with E-state index in [0.29, 0.717) is 5.02 Å². The quantitative estimate of drug-likeness (QED) is 0.670. The summed E-state index contributed by atoms with van der Waals surface area (Å²) in [6.45, 7) is -0.206. The molecule has 0 radical (unpaired) electrons. The number of nitrogens with one attached hydrogen (secondary N) is 1. The predicted octanol–water partition coefficient (Wildman–Crippen LogP) is 4.10. The Balaban J connectivity index is 1.71. The topological polar surface area (TPSA) is 86.7 Å². The Morgan fingerprint density at radius 3 is 2.40 bits per heavy atom. The Hall–Kier alpha value is -2.30. The van der Waals surface area contributed by atoms with E-state index in [1.807, 2.05) is 0 Å². The number of benzene rings is 2. The summed E-state index contributed by atoms with van der Waals surface area (Å²) in [5, 5.41) is 12.7. The molecule has 3 rings (SSSR count). The SMILES string of the molecule is O=C(Nc1cc(Cl)ccc1O)C1CCN(S(=O)(=O)c2ccccc2C(F)(F)F)CC1. The molecule has 11 heteroatoms. The third-order valence-corrected chi connectivity index (χ3v) is 7.04. The number of carbonyl (C=O) groups excluding carboxylic acids is 1. The second-order valence-corrected chi connectivity index (χ2v) is 9.17. The fourth-order valence-electron chi connectivity index (χ4n) is 3.27. The molecule has 1 aliphatic heterocycles. The van der Waals surface area contributed by atoms with Gasteiger partial charge in [0, 0.05) is 24.0 Å². The second kappa shape index (κ2) is 8.44. The minimum absolute atomic E-state index is 0.103. The molecule has 1 fully saturated rings. The first-order valence-corrected chi connectivity index (χ1v) is 10.8. The van der Waals surface area contributed by atoms with E-state index in [2.05, 4.69) is 5.32 Å². The first kappa shape index (κ1) is 22.4. The Morgan fingerprint density at radius 1 is 1.13 bits per heavy atom. The highest BCUT2D eigenvalue weighted by Crippen LogP contribution is 2.36. The maximum absolute atomic E-state index is 13.2. The summed E-state index contributed by atoms with van der Waals surface area (Å²) in [6, 6.07) is 8.18. The van der Waals surface area contributed by atoms with Crippen LogP contribution in [0.15, 0.2) is 47.4 Å². The van der Waals surface area contributed by atoms with Gasteiger partial charge in [-0.2, -0.15) is 17.5 Å². The molecule has 1 heterocycles. The fourth-order valence-corrected chi connectivity index (χ4v) is 5.12. The summed E-state index contributed by atoms with van der Waals surface area (Å²) < 4.78 is 66.2. The van der Waals surface area contributed by atoms with Gasteiger partial charge in [0.15, 0.2) is 0 Å². The van der Waals surface area contributed by atoms with Crippen LogP contribution >= 0.6 is 11.6 Å². The van der Waals surface area contributed by atoms with E-state index in [4.69, 9.17) is 11.6 Å². The number of phenols is 1. The van der Waals surface area contributed by atoms with Crippen LogP contribution in [0.1, 0.15) is 18.4 Å². The number of hydrogen-bond donors (Lipinski definition) is 2. The van der Waals surface area contributed by atoms with Crippen molar-refractivity contribution in [3.63, 3.8) is 0 Å². The molecule has 2 aromatic carbocycles. The Bertz CT molecular complexity index is 1050. The van der Waals surface area contributed by atoms with E-state index in [-0.39, 0.29) is 37.4 Å². The zero-order valence-corrected chi connectivity index (χ0v) is 17.1. The van der Waals surface area contributed by atoms with Gasteiger partial charge in [0.2, 0.25) is 15.9 Å². The molecule has 0 aromatic heterocycles. The first-order chi connectivity index (χ1) is 14.0. The van der Waals surface area contributed by atoms with Crippen LogP contribution in [0.5, 0.6) is 5.75 Å². The zero-order valence-electron chi connectivity index (χ0n) is 15.5. The lowest BCUT2D eigenvalue weighted by atomic mass is 9.97. The van der Waals surface area contributed by atoms with Gasteiger partial charge < -0.3 is 10.4 Å². The van der Waals surface area contributed by atoms with Gasteiger partial charge in [0.25, 0.3) is 0 Å². The van der Waals surface area contributed by atoms with Crippen molar-refractivity contribution in [3.05, 3.63) is 53.1 Å². The van der Waals surface area contributed by atoms with E-state index in [1.165, 1.54) is 24.3 Å². The van der Waals surface area contributed by atoms with Gasteiger partial charge in [-0.25, -0.2) is 8.42 Å². The van der Waals surface area contributed by atoms with Crippen molar-refractivity contribution < 1.29 is 31.5 Å². The van der Waals surface area contributed by atoms with Crippen LogP contribution in [0.25, 0.3) is 0 Å². The second-order valence-electron chi connectivity index (χ2n) is 6.82. The standard InChI is InChI=1S/C19H18ClF3N2O4S/c20-13-5-6-16(26)15(11-13)24-18(27)12-7-9-25(10-8-12)30(28,29)17-4-2-1-3-14(17)19(21,22)23/h1-6,11-12,26H,7-10H2,(H,24,27). The van der Waals surface area contributed by atoms with Crippen molar-refractivity contribution in [2.45, 2.75) is 23.9 Å². The van der Waals surface area contributed by atoms with Crippen LogP contribution in [0.3, 0.4) is 0 Å². The van der Waals surface area contributed by atoms with Gasteiger partial charge in [-0.1, -0.05) is 23.7 Å². The van der Waals surface area contributed by atoms with Crippen molar-refractivity contribution in [2.24, 2.45) is 5.92 Å². The molecule has 0 saturated carbocycles. The smallest absolute Gasteiger partial charge is 0.417 e. The number of aromatic hydroxyl groups is 1. The predicted molar refractivity (Wildman–Crippen MR) is 105 cm³/mol. The number of anilines is 1. The molecule has 1 saturated heterocycles. The minimum atomic E-state index is -4.80. The van der Waals surface area contributed by atoms with Crippen LogP contribution in [0.4, 0.5) is 18.9 Å². The van der Waals surface area contributed by atoms with Crippen molar-refractivity contribution >= 4 is 33.2 Å². The summed E-state index contributed by atoms with van der Waals surface area (Å²) >= 11 is 5.84. The monoisotopic (exact) mass is 462 g/mol. The highest BCUT2D eigenvalue weighted by molar-refractivity contribution is 7.89. The van der Waals surface area contributed by atoms with Crippen LogP contribution in [0, 0.1) is 5.92 Å². The molecule has 2 aromatic rings. The van der Waals surface area contributed by atoms with Crippen LogP contribution in [0.2, 0.25) is 5.02 Å². The van der Waals surface area contributed by atoms with Gasteiger partial charge in [-0.3, -0.25) is 4.79 Å². The minimum Gasteiger partial charge on any atom is -0.506 e. The molecule has 1 aliphatic rings. The highest BCUT2D eigenvalue weighted by Gasteiger charge is 2.40. The molecular formula is C19H18ClF3N2O4S. The van der Waals surface area contributed by atoms with Gasteiger partial charge in [-0.15, -0.1) is 0 Å². The van der Waals surface area contributed by atoms with Crippen molar-refractivity contribution in [1.82, 2.24) is 4.31 Å². The zero-order chi connectivity index (χ0) is 22.1. The number of rotatable bonds is 4. The molecule has 162 valence electrons. The average molecular weight is 463 g/mol. The van der Waals surface area contributed by atoms with Crippen molar-refractivity contribution in [3.8, 4) is 5.75 Å². The summed E-state index contributed by atoms with van der Waals surface area (Å²) in [7, 11) is -4.37. The van der Waals surface area contributed by atoms with Crippen LogP contribution in [-0.4, -0.2) is 36.8 Å². The van der Waals surface area contributed by atoms with Gasteiger partial charge in [0.1, 0.15) is 5.75 Å². The number of nitrogens with zero attached hydrogens (tertiary/aromatic N) is 1. The third kappa shape index (κ3) is 4.71. The van der Waals surface area contributed by atoms with Gasteiger partial charge in [-0.05, 0) is 43.2 Å². The summed E-state index contributed by atoms with van der Waals surface area (Å²) in [5.74, 6) is -1.16. The first-order valence-electron chi connectivity index (χ1n) is 8.96. The third-order valence-electron chi connectivity index (χ3n) is 4.85. The number of piperidine rings is 1. The number of halogens is 4. The van der Waals surface area contributed by atoms with Crippen LogP contribution in [-0.2, 0) is 21.0 Å². The molecule has 0 spiro atoms. The molecular weight excluding hydrogens is 445 g/mol. The Kier molecular flexibility index (Phi) is 6.30. The van der Waals surface area contributed by atoms with Gasteiger partial charge in [0.05, 0.1) is 16.1 Å². The van der Waals surface area contributed by atoms with Gasteiger partial charge >= 0.3 is 6.18 Å². The van der Waals surface area contributed by atoms with E-state index in [1.54, 1.807) is 0 Å². The maximum atomic E-state index is 13.2. The average Bonchev–Trinajstić information content (AvgIpc) is 2.70. The van der Waals surface area contributed by atoms with E-state index >= 15 is 0 Å². The van der Waals surface area contributed by atoms with E-state index in [0.717, 1.165) is 22.5 Å². The van der Waals surface area contributed by atoms with Crippen molar-refractivity contribution in [1.29, 1.82) is 0 Å². The summed E-state index contributed by atoms with van der Waals surface area (Å²) in [6.07, 6.45) is -4.55. The van der Waals surface area contributed by atoms with E-state index < -0.39 is 38.5 Å². The number of carbonyl (C=O) groups is 1. The lowest BCUT2D eigenvalue weighted by molar-refractivity contribution is -0.139. The molecule has 0 bridgehead atoms. The number of hydrogen-bond acceptors (Lipinski definition) is 4. The number of phenolic OH excluding ortho intramolecular Hbond substituents is 1. The fraction of sp³-hybridized carbons (Fsp3) is 0.316. The van der Waals surface area contributed by atoms with E-state index in [9.17, 15) is 31.5 Å². The molecule has 30 heavy (non-hydrogen) atoms. The molecule has 0 atom stereocenters. The Labute approximate surface area is 176 Å². The molecule has 6 nitrogen and oxygen atoms in total. The van der Waals surface area contributed by atoms with Crippen molar-refractivity contribution in [2.75, 3.05) is 18.4 Å². The maximum Gasteiger partial charge on any atom is 0.417 e. The molecule has 2 N–H and O–H groups in total.